The van der Waals surface area contributed by atoms with Crippen molar-refractivity contribution in [2.75, 3.05) is 44.3 Å². The van der Waals surface area contributed by atoms with Crippen LogP contribution >= 0.6 is 0 Å². The fraction of sp³-hybridized carbons (Fsp3) is 0.600. The Kier molecular flexibility index (Phi) is 9.90. The molecule has 0 radical (unpaired) electrons. The lowest BCUT2D eigenvalue weighted by Gasteiger charge is -2.26. The fourth-order valence-electron chi connectivity index (χ4n) is 3.89. The minimum atomic E-state index is -5.08. The molecule has 1 aliphatic heterocycles. The number of nitrogens with zero attached hydrogens (tertiary/aromatic N) is 5. The average molecular weight is 526 g/mol. The first kappa shape index (κ1) is 28.4. The zero-order valence-corrected chi connectivity index (χ0v) is 21.2. The maximum atomic E-state index is 13.3. The first-order chi connectivity index (χ1) is 17.6. The van der Waals surface area contributed by atoms with Crippen molar-refractivity contribution in [3.8, 4) is 11.1 Å². The lowest BCUT2D eigenvalue weighted by Crippen LogP contribution is -2.37. The Hall–Kier alpha value is -3.15. The Bertz CT molecular complexity index is 1030. The second-order valence-electron chi connectivity index (χ2n) is 9.12. The second-order valence-corrected chi connectivity index (χ2v) is 9.12. The predicted molar refractivity (Wildman–Crippen MR) is 131 cm³/mol. The first-order valence-corrected chi connectivity index (χ1v) is 12.6. The molecule has 1 aliphatic carbocycles. The van der Waals surface area contributed by atoms with Gasteiger partial charge in [-0.25, -0.2) is 14.8 Å². The van der Waals surface area contributed by atoms with Crippen molar-refractivity contribution >= 4 is 17.8 Å². The zero-order valence-electron chi connectivity index (χ0n) is 21.2. The van der Waals surface area contributed by atoms with Gasteiger partial charge in [0, 0.05) is 62.4 Å². The summed E-state index contributed by atoms with van der Waals surface area (Å²) in [7, 11) is 0. The molecule has 0 atom stereocenters. The molecule has 37 heavy (non-hydrogen) atoms. The van der Waals surface area contributed by atoms with Crippen LogP contribution in [0.25, 0.3) is 11.1 Å². The number of halogens is 3. The number of rotatable bonds is 9. The number of hydrogen-bond acceptors (Lipinski definition) is 6. The summed E-state index contributed by atoms with van der Waals surface area (Å²) in [5.41, 5.74) is 2.75. The number of unbranched alkanes of at least 4 members (excludes halogenated alkanes) is 1. The molecule has 0 aromatic carbocycles. The number of morpholine rings is 1. The Labute approximate surface area is 214 Å². The van der Waals surface area contributed by atoms with Gasteiger partial charge in [-0.1, -0.05) is 13.3 Å². The molecule has 0 bridgehead atoms. The van der Waals surface area contributed by atoms with Gasteiger partial charge in [0.25, 0.3) is 5.91 Å². The summed E-state index contributed by atoms with van der Waals surface area (Å²) in [5, 5.41) is 7.12. The number of alkyl halides is 3. The SMILES string of the molecule is CCCCN(CC)C(=O)c1cc(-c2cnc(N3CCOCC3)nc2)cn1CC1CC1.O=C(O)C(F)(F)F. The van der Waals surface area contributed by atoms with Crippen LogP contribution in [0.1, 0.15) is 50.0 Å². The lowest BCUT2D eigenvalue weighted by atomic mass is 10.2. The zero-order chi connectivity index (χ0) is 27.0. The fourth-order valence-corrected chi connectivity index (χ4v) is 3.89. The predicted octanol–water partition coefficient (Wildman–Crippen LogP) is 4.09. The molecule has 2 aromatic rings. The van der Waals surface area contributed by atoms with E-state index in [9.17, 15) is 18.0 Å². The van der Waals surface area contributed by atoms with Crippen LogP contribution in [0.4, 0.5) is 19.1 Å². The van der Waals surface area contributed by atoms with Crippen LogP contribution in [-0.2, 0) is 16.1 Å². The van der Waals surface area contributed by atoms with Crippen LogP contribution in [-0.4, -0.2) is 82.0 Å². The molecule has 12 heteroatoms. The Morgan fingerprint density at radius 2 is 1.76 bits per heavy atom. The van der Waals surface area contributed by atoms with Gasteiger partial charge < -0.3 is 24.2 Å². The maximum absolute atomic E-state index is 13.3. The number of carboxylic acids is 1. The molecule has 1 N–H and O–H groups in total. The molecule has 2 aliphatic rings. The van der Waals surface area contributed by atoms with Gasteiger partial charge >= 0.3 is 12.1 Å². The summed E-state index contributed by atoms with van der Waals surface area (Å²) >= 11 is 0. The quantitative estimate of drug-likeness (QED) is 0.526. The molecule has 1 amide bonds. The highest BCUT2D eigenvalue weighted by atomic mass is 19.4. The highest BCUT2D eigenvalue weighted by molar-refractivity contribution is 5.94. The standard InChI is InChI=1S/C23H33N5O2.C2HF3O2/c1-3-5-8-26(4-2)22(29)21-13-19(17-28(21)16-18-6-7-18)20-14-24-23(25-15-20)27-9-11-30-12-10-27;3-2(4,5)1(6)7/h13-15,17-18H,3-12,16H2,1-2H3;(H,6,7). The molecule has 0 unspecified atom stereocenters. The van der Waals surface area contributed by atoms with Gasteiger partial charge in [-0.05, 0) is 38.2 Å². The van der Waals surface area contributed by atoms with E-state index in [4.69, 9.17) is 14.6 Å². The van der Waals surface area contributed by atoms with E-state index >= 15 is 0 Å². The number of carbonyl (C=O) groups is 2. The number of aliphatic carboxylic acids is 1. The van der Waals surface area contributed by atoms with E-state index in [-0.39, 0.29) is 5.91 Å². The molecule has 2 fully saturated rings. The van der Waals surface area contributed by atoms with Gasteiger partial charge in [-0.3, -0.25) is 4.79 Å². The monoisotopic (exact) mass is 525 g/mol. The molecule has 204 valence electrons. The minimum absolute atomic E-state index is 0.128. The van der Waals surface area contributed by atoms with Gasteiger partial charge in [0.05, 0.1) is 13.2 Å². The number of carboxylic acid groups (broad SMARTS) is 1. The van der Waals surface area contributed by atoms with Crippen molar-refractivity contribution in [1.82, 2.24) is 19.4 Å². The number of anilines is 1. The molecule has 2 aromatic heterocycles. The Morgan fingerprint density at radius 3 is 2.27 bits per heavy atom. The van der Waals surface area contributed by atoms with E-state index in [0.29, 0.717) is 19.1 Å². The summed E-state index contributed by atoms with van der Waals surface area (Å²) in [5.74, 6) is -1.19. The smallest absolute Gasteiger partial charge is 0.475 e. The molecule has 1 saturated heterocycles. The van der Waals surface area contributed by atoms with Crippen LogP contribution < -0.4 is 4.90 Å². The summed E-state index contributed by atoms with van der Waals surface area (Å²) < 4.78 is 39.3. The molecule has 3 heterocycles. The van der Waals surface area contributed by atoms with Crippen LogP contribution in [0.15, 0.2) is 24.7 Å². The molecular weight excluding hydrogens is 491 g/mol. The van der Waals surface area contributed by atoms with E-state index in [1.54, 1.807) is 0 Å². The number of hydrogen-bond donors (Lipinski definition) is 1. The first-order valence-electron chi connectivity index (χ1n) is 12.6. The van der Waals surface area contributed by atoms with Gasteiger partial charge in [-0.2, -0.15) is 13.2 Å². The van der Waals surface area contributed by atoms with Gasteiger partial charge in [0.2, 0.25) is 5.95 Å². The molecule has 0 spiro atoms. The number of carbonyl (C=O) groups excluding carboxylic acids is 1. The third-order valence-corrected chi connectivity index (χ3v) is 6.23. The van der Waals surface area contributed by atoms with Crippen molar-refractivity contribution in [2.45, 2.75) is 52.3 Å². The third kappa shape index (κ3) is 8.17. The summed E-state index contributed by atoms with van der Waals surface area (Å²) in [6.07, 6.45) is 5.40. The number of ether oxygens (including phenoxy) is 1. The van der Waals surface area contributed by atoms with E-state index in [1.165, 1.54) is 12.8 Å². The number of amides is 1. The van der Waals surface area contributed by atoms with Crippen molar-refractivity contribution < 1.29 is 32.6 Å². The van der Waals surface area contributed by atoms with Crippen LogP contribution in [0.5, 0.6) is 0 Å². The van der Waals surface area contributed by atoms with E-state index in [0.717, 1.165) is 68.3 Å². The molecular formula is C25H34F3N5O4. The summed E-state index contributed by atoms with van der Waals surface area (Å²) in [6.45, 7) is 9.75. The Morgan fingerprint density at radius 1 is 1.14 bits per heavy atom. The third-order valence-electron chi connectivity index (χ3n) is 6.23. The average Bonchev–Trinajstić information content (AvgIpc) is 3.61. The van der Waals surface area contributed by atoms with E-state index in [1.807, 2.05) is 23.4 Å². The van der Waals surface area contributed by atoms with Crippen LogP contribution in [0, 0.1) is 5.92 Å². The number of aromatic nitrogens is 3. The van der Waals surface area contributed by atoms with Gasteiger partial charge in [0.1, 0.15) is 5.69 Å². The van der Waals surface area contributed by atoms with Crippen LogP contribution in [0.3, 0.4) is 0 Å². The summed E-state index contributed by atoms with van der Waals surface area (Å²) in [6, 6.07) is 2.02. The normalized spacial score (nSPS) is 15.6. The van der Waals surface area contributed by atoms with Crippen molar-refractivity contribution in [3.63, 3.8) is 0 Å². The van der Waals surface area contributed by atoms with Crippen molar-refractivity contribution in [1.29, 1.82) is 0 Å². The molecule has 9 nitrogen and oxygen atoms in total. The van der Waals surface area contributed by atoms with E-state index < -0.39 is 12.1 Å². The largest absolute Gasteiger partial charge is 0.490 e. The van der Waals surface area contributed by atoms with Crippen LogP contribution in [0.2, 0.25) is 0 Å². The minimum Gasteiger partial charge on any atom is -0.475 e. The van der Waals surface area contributed by atoms with E-state index in [2.05, 4.69) is 39.5 Å². The maximum Gasteiger partial charge on any atom is 0.490 e. The van der Waals surface area contributed by atoms with Crippen molar-refractivity contribution in [2.24, 2.45) is 5.92 Å². The highest BCUT2D eigenvalue weighted by Crippen LogP contribution is 2.33. The molecule has 1 saturated carbocycles. The van der Waals surface area contributed by atoms with Crippen molar-refractivity contribution in [3.05, 3.63) is 30.4 Å². The Balaban J connectivity index is 0.000000479. The van der Waals surface area contributed by atoms with Gasteiger partial charge in [-0.15, -0.1) is 0 Å². The van der Waals surface area contributed by atoms with Gasteiger partial charge in [0.15, 0.2) is 0 Å². The summed E-state index contributed by atoms with van der Waals surface area (Å²) in [4.78, 5) is 35.4. The highest BCUT2D eigenvalue weighted by Gasteiger charge is 2.38. The lowest BCUT2D eigenvalue weighted by molar-refractivity contribution is -0.192. The molecule has 4 rings (SSSR count). The topological polar surface area (TPSA) is 101 Å². The second kappa shape index (κ2) is 12.9.